The number of amides is 1. The van der Waals surface area contributed by atoms with Crippen molar-refractivity contribution in [2.24, 2.45) is 0 Å². The first-order chi connectivity index (χ1) is 9.69. The zero-order chi connectivity index (χ0) is 14.4. The van der Waals surface area contributed by atoms with Gasteiger partial charge < -0.3 is 15.0 Å². The average molecular weight is 294 g/mol. The third-order valence-electron chi connectivity index (χ3n) is 2.90. The molecule has 0 aliphatic carbocycles. The number of nitrogens with one attached hydrogen (secondary N) is 2. The number of hydrogen-bond acceptors (Lipinski definition) is 5. The van der Waals surface area contributed by atoms with Crippen molar-refractivity contribution >= 4 is 35.1 Å². The molecule has 1 aromatic rings. The minimum absolute atomic E-state index is 0.175. The van der Waals surface area contributed by atoms with Gasteiger partial charge in [0.2, 0.25) is 0 Å². The van der Waals surface area contributed by atoms with Gasteiger partial charge in [-0.15, -0.1) is 0 Å². The maximum absolute atomic E-state index is 11.2. The van der Waals surface area contributed by atoms with Gasteiger partial charge >= 0.3 is 6.09 Å². The zero-order valence-corrected chi connectivity index (χ0v) is 12.2. The van der Waals surface area contributed by atoms with E-state index in [-0.39, 0.29) is 5.11 Å². The molecule has 6 nitrogen and oxygen atoms in total. The number of rotatable bonds is 3. The number of anilines is 2. The summed E-state index contributed by atoms with van der Waals surface area (Å²) in [5.74, 6) is 1.53. The van der Waals surface area contributed by atoms with Crippen LogP contribution in [-0.4, -0.2) is 35.9 Å². The number of alkyl carbamates (subject to hydrolysis) is 1. The number of nitrogens with zero attached hydrogens (tertiary/aromatic N) is 2. The summed E-state index contributed by atoms with van der Waals surface area (Å²) < 4.78 is 4.75. The molecule has 0 saturated carbocycles. The maximum Gasteiger partial charge on any atom is 0.413 e. The molecule has 2 rings (SSSR count). The Morgan fingerprint density at radius 2 is 2.20 bits per heavy atom. The van der Waals surface area contributed by atoms with Crippen molar-refractivity contribution in [1.29, 1.82) is 0 Å². The molecule has 1 fully saturated rings. The van der Waals surface area contributed by atoms with Gasteiger partial charge in [0, 0.05) is 13.1 Å². The van der Waals surface area contributed by atoms with Gasteiger partial charge in [0.25, 0.3) is 0 Å². The highest BCUT2D eigenvalue weighted by molar-refractivity contribution is 7.80. The maximum atomic E-state index is 11.2. The number of pyridine rings is 1. The SMILES string of the molecule is CCOC(=O)NC(=S)Nc1cccc(N2CCCC2)n1. The normalized spacial score (nSPS) is 13.9. The predicted octanol–water partition coefficient (Wildman–Crippen LogP) is 2.12. The molecule has 1 saturated heterocycles. The largest absolute Gasteiger partial charge is 0.450 e. The number of hydrogen-bond donors (Lipinski definition) is 2. The van der Waals surface area contributed by atoms with Crippen molar-refractivity contribution in [2.45, 2.75) is 19.8 Å². The van der Waals surface area contributed by atoms with E-state index >= 15 is 0 Å². The molecule has 108 valence electrons. The molecular weight excluding hydrogens is 276 g/mol. The van der Waals surface area contributed by atoms with E-state index < -0.39 is 6.09 Å². The zero-order valence-electron chi connectivity index (χ0n) is 11.4. The Morgan fingerprint density at radius 3 is 2.90 bits per heavy atom. The highest BCUT2D eigenvalue weighted by Crippen LogP contribution is 2.19. The van der Waals surface area contributed by atoms with Crippen LogP contribution in [0.3, 0.4) is 0 Å². The van der Waals surface area contributed by atoms with Crippen LogP contribution in [0.5, 0.6) is 0 Å². The Kier molecular flexibility index (Phi) is 5.11. The summed E-state index contributed by atoms with van der Waals surface area (Å²) >= 11 is 5.03. The molecule has 1 aromatic heterocycles. The molecule has 1 amide bonds. The molecule has 2 heterocycles. The van der Waals surface area contributed by atoms with Crippen LogP contribution in [0, 0.1) is 0 Å². The van der Waals surface area contributed by atoms with Gasteiger partial charge in [0.15, 0.2) is 5.11 Å². The monoisotopic (exact) mass is 294 g/mol. The van der Waals surface area contributed by atoms with E-state index in [1.54, 1.807) is 13.0 Å². The minimum atomic E-state index is -0.569. The number of thiocarbonyl (C=S) groups is 1. The molecule has 20 heavy (non-hydrogen) atoms. The van der Waals surface area contributed by atoms with Crippen molar-refractivity contribution < 1.29 is 9.53 Å². The van der Waals surface area contributed by atoms with Gasteiger partial charge in [-0.1, -0.05) is 6.07 Å². The van der Waals surface area contributed by atoms with Crippen LogP contribution in [0.2, 0.25) is 0 Å². The Hall–Kier alpha value is -1.89. The van der Waals surface area contributed by atoms with E-state index in [1.165, 1.54) is 12.8 Å². The number of carbonyl (C=O) groups excluding carboxylic acids is 1. The summed E-state index contributed by atoms with van der Waals surface area (Å²) in [4.78, 5) is 17.9. The van der Waals surface area contributed by atoms with Crippen LogP contribution >= 0.6 is 12.2 Å². The number of carbonyl (C=O) groups is 1. The first kappa shape index (κ1) is 14.5. The number of aromatic nitrogens is 1. The minimum Gasteiger partial charge on any atom is -0.450 e. The Balaban J connectivity index is 1.93. The lowest BCUT2D eigenvalue weighted by Crippen LogP contribution is -2.34. The first-order valence-electron chi connectivity index (χ1n) is 6.66. The average Bonchev–Trinajstić information content (AvgIpc) is 2.92. The summed E-state index contributed by atoms with van der Waals surface area (Å²) in [7, 11) is 0. The Labute approximate surface area is 123 Å². The van der Waals surface area contributed by atoms with E-state index in [2.05, 4.69) is 20.5 Å². The highest BCUT2D eigenvalue weighted by Gasteiger charge is 2.14. The summed E-state index contributed by atoms with van der Waals surface area (Å²) in [6.07, 6.45) is 1.82. The molecule has 1 aliphatic heterocycles. The first-order valence-corrected chi connectivity index (χ1v) is 7.06. The van der Waals surface area contributed by atoms with E-state index in [9.17, 15) is 4.79 Å². The standard InChI is InChI=1S/C13H18N4O2S/c1-2-19-13(18)16-12(20)15-10-6-5-7-11(14-10)17-8-3-4-9-17/h5-7H,2-4,8-9H2,1H3,(H2,14,15,16,18,20). The second-order valence-corrected chi connectivity index (χ2v) is 4.78. The second kappa shape index (κ2) is 7.04. The summed E-state index contributed by atoms with van der Waals surface area (Å²) in [5.41, 5.74) is 0. The third-order valence-corrected chi connectivity index (χ3v) is 3.10. The molecule has 0 bridgehead atoms. The molecule has 0 unspecified atom stereocenters. The fourth-order valence-electron chi connectivity index (χ4n) is 2.02. The molecule has 7 heteroatoms. The third kappa shape index (κ3) is 4.06. The molecule has 1 aliphatic rings. The lowest BCUT2D eigenvalue weighted by Gasteiger charge is -2.17. The van der Waals surface area contributed by atoms with Crippen molar-refractivity contribution in [2.75, 3.05) is 29.9 Å². The van der Waals surface area contributed by atoms with Gasteiger partial charge in [0.1, 0.15) is 11.6 Å². The second-order valence-electron chi connectivity index (χ2n) is 4.37. The molecule has 0 atom stereocenters. The molecular formula is C13H18N4O2S. The topological polar surface area (TPSA) is 66.5 Å². The lowest BCUT2D eigenvalue weighted by molar-refractivity contribution is 0.158. The lowest BCUT2D eigenvalue weighted by atomic mass is 10.4. The van der Waals surface area contributed by atoms with Gasteiger partial charge in [-0.25, -0.2) is 9.78 Å². The van der Waals surface area contributed by atoms with Crippen LogP contribution in [0.1, 0.15) is 19.8 Å². The van der Waals surface area contributed by atoms with Crippen molar-refractivity contribution in [3.05, 3.63) is 18.2 Å². The van der Waals surface area contributed by atoms with Crippen LogP contribution in [-0.2, 0) is 4.74 Å². The molecule has 0 radical (unpaired) electrons. The van der Waals surface area contributed by atoms with Gasteiger partial charge in [-0.2, -0.15) is 0 Å². The fourth-order valence-corrected chi connectivity index (χ4v) is 2.21. The Bertz CT molecular complexity index is 489. The molecule has 0 aromatic carbocycles. The number of ether oxygens (including phenoxy) is 1. The quantitative estimate of drug-likeness (QED) is 0.833. The van der Waals surface area contributed by atoms with Gasteiger partial charge in [-0.3, -0.25) is 5.32 Å². The van der Waals surface area contributed by atoms with Crippen molar-refractivity contribution in [1.82, 2.24) is 10.3 Å². The van der Waals surface area contributed by atoms with Gasteiger partial charge in [-0.05, 0) is 44.1 Å². The summed E-state index contributed by atoms with van der Waals surface area (Å²) in [5, 5.41) is 5.48. The highest BCUT2D eigenvalue weighted by atomic mass is 32.1. The van der Waals surface area contributed by atoms with E-state index in [1.807, 2.05) is 12.1 Å². The summed E-state index contributed by atoms with van der Waals surface area (Å²) in [6.45, 7) is 4.10. The predicted molar refractivity (Wildman–Crippen MR) is 82.1 cm³/mol. The van der Waals surface area contributed by atoms with Crippen LogP contribution in [0.4, 0.5) is 16.4 Å². The fraction of sp³-hybridized carbons (Fsp3) is 0.462. The summed E-state index contributed by atoms with van der Waals surface area (Å²) in [6, 6.07) is 5.69. The van der Waals surface area contributed by atoms with E-state index in [0.29, 0.717) is 12.4 Å². The Morgan fingerprint density at radius 1 is 1.45 bits per heavy atom. The van der Waals surface area contributed by atoms with E-state index in [0.717, 1.165) is 18.9 Å². The van der Waals surface area contributed by atoms with Gasteiger partial charge in [0.05, 0.1) is 6.61 Å². The van der Waals surface area contributed by atoms with E-state index in [4.69, 9.17) is 17.0 Å². The van der Waals surface area contributed by atoms with Crippen LogP contribution < -0.4 is 15.5 Å². The van der Waals surface area contributed by atoms with Crippen molar-refractivity contribution in [3.63, 3.8) is 0 Å². The molecule has 0 spiro atoms. The smallest absolute Gasteiger partial charge is 0.413 e. The van der Waals surface area contributed by atoms with Crippen LogP contribution in [0.15, 0.2) is 18.2 Å². The van der Waals surface area contributed by atoms with Crippen molar-refractivity contribution in [3.8, 4) is 0 Å². The van der Waals surface area contributed by atoms with Crippen LogP contribution in [0.25, 0.3) is 0 Å². The molecule has 2 N–H and O–H groups in total.